The lowest BCUT2D eigenvalue weighted by molar-refractivity contribution is 0.194. The maximum absolute atomic E-state index is 11.2. The summed E-state index contributed by atoms with van der Waals surface area (Å²) in [6, 6.07) is 0.0839. The zero-order valence-electron chi connectivity index (χ0n) is 6.97. The van der Waals surface area contributed by atoms with E-state index in [0.717, 1.165) is 32.5 Å². The maximum atomic E-state index is 11.2. The van der Waals surface area contributed by atoms with E-state index in [9.17, 15) is 4.79 Å². The Labute approximate surface area is 67.8 Å². The summed E-state index contributed by atoms with van der Waals surface area (Å²) in [5, 5.41) is 2.79. The Morgan fingerprint density at radius 1 is 1.55 bits per heavy atom. The van der Waals surface area contributed by atoms with Gasteiger partial charge in [-0.05, 0) is 26.2 Å². The van der Waals surface area contributed by atoms with E-state index in [4.69, 9.17) is 0 Å². The third kappa shape index (κ3) is 2.41. The lowest BCUT2D eigenvalue weighted by atomic mass is 10.1. The molecule has 0 aromatic heterocycles. The van der Waals surface area contributed by atoms with E-state index in [1.54, 1.807) is 0 Å². The second-order valence-electron chi connectivity index (χ2n) is 2.69. The van der Waals surface area contributed by atoms with E-state index < -0.39 is 0 Å². The largest absolute Gasteiger partial charge is 0.338 e. The van der Waals surface area contributed by atoms with Gasteiger partial charge in [0.2, 0.25) is 0 Å². The lowest BCUT2D eigenvalue weighted by Gasteiger charge is -2.26. The topological polar surface area (TPSA) is 32.3 Å². The quantitative estimate of drug-likeness (QED) is 0.602. The van der Waals surface area contributed by atoms with Gasteiger partial charge >= 0.3 is 6.03 Å². The molecule has 0 spiro atoms. The average molecular weight is 155 g/mol. The molecule has 0 unspecified atom stereocenters. The van der Waals surface area contributed by atoms with Crippen LogP contribution >= 0.6 is 0 Å². The summed E-state index contributed by atoms with van der Waals surface area (Å²) in [6.07, 6.45) is 4.31. The number of hydrogen-bond donors (Lipinski definition) is 1. The van der Waals surface area contributed by atoms with Crippen LogP contribution in [0.3, 0.4) is 0 Å². The lowest BCUT2D eigenvalue weighted by Crippen LogP contribution is -2.42. The Hall–Kier alpha value is -0.730. The first kappa shape index (κ1) is 8.37. The predicted octanol–water partition coefficient (Wildman–Crippen LogP) is 1.02. The van der Waals surface area contributed by atoms with Crippen molar-refractivity contribution in [2.45, 2.75) is 19.8 Å². The fourth-order valence-corrected chi connectivity index (χ4v) is 1.22. The maximum Gasteiger partial charge on any atom is 0.317 e. The summed E-state index contributed by atoms with van der Waals surface area (Å²) in [5.74, 6) is 0. The van der Waals surface area contributed by atoms with Gasteiger partial charge in [0, 0.05) is 19.6 Å². The average Bonchev–Trinajstić information content (AvgIpc) is 2.07. The molecule has 1 radical (unpaired) electrons. The smallest absolute Gasteiger partial charge is 0.317 e. The summed E-state index contributed by atoms with van der Waals surface area (Å²) in [7, 11) is 0. The minimum Gasteiger partial charge on any atom is -0.338 e. The SMILES string of the molecule is CCNC(=O)N1CC[CH]CC1. The highest BCUT2D eigenvalue weighted by Crippen LogP contribution is 2.06. The molecular weight excluding hydrogens is 140 g/mol. The van der Waals surface area contributed by atoms with Crippen LogP contribution in [0.4, 0.5) is 4.79 Å². The molecule has 2 amide bonds. The Kier molecular flexibility index (Phi) is 3.20. The van der Waals surface area contributed by atoms with Crippen LogP contribution in [-0.4, -0.2) is 30.6 Å². The molecule has 0 saturated carbocycles. The molecule has 1 aliphatic rings. The minimum atomic E-state index is 0.0839. The van der Waals surface area contributed by atoms with Gasteiger partial charge in [-0.25, -0.2) is 4.79 Å². The molecule has 3 heteroatoms. The van der Waals surface area contributed by atoms with E-state index in [1.165, 1.54) is 0 Å². The van der Waals surface area contributed by atoms with Crippen molar-refractivity contribution in [1.82, 2.24) is 10.2 Å². The van der Waals surface area contributed by atoms with Gasteiger partial charge in [0.25, 0.3) is 0 Å². The van der Waals surface area contributed by atoms with Crippen LogP contribution in [0.25, 0.3) is 0 Å². The van der Waals surface area contributed by atoms with E-state index in [-0.39, 0.29) is 6.03 Å². The Bertz CT molecular complexity index is 130. The first-order valence-electron chi connectivity index (χ1n) is 4.19. The van der Waals surface area contributed by atoms with Gasteiger partial charge < -0.3 is 10.2 Å². The van der Waals surface area contributed by atoms with Crippen LogP contribution in [0.2, 0.25) is 0 Å². The van der Waals surface area contributed by atoms with Crippen molar-refractivity contribution < 1.29 is 4.79 Å². The number of carbonyl (C=O) groups is 1. The Balaban J connectivity index is 2.27. The van der Waals surface area contributed by atoms with Gasteiger partial charge in [-0.1, -0.05) is 0 Å². The molecule has 3 nitrogen and oxygen atoms in total. The van der Waals surface area contributed by atoms with E-state index >= 15 is 0 Å². The molecule has 1 aliphatic heterocycles. The van der Waals surface area contributed by atoms with Crippen LogP contribution < -0.4 is 5.32 Å². The summed E-state index contributed by atoms with van der Waals surface area (Å²) in [4.78, 5) is 13.1. The highest BCUT2D eigenvalue weighted by Gasteiger charge is 2.14. The predicted molar refractivity (Wildman–Crippen MR) is 44.2 cm³/mol. The number of amides is 2. The van der Waals surface area contributed by atoms with Crippen molar-refractivity contribution in [1.29, 1.82) is 0 Å². The molecule has 1 fully saturated rings. The Morgan fingerprint density at radius 2 is 2.18 bits per heavy atom. The Morgan fingerprint density at radius 3 is 2.73 bits per heavy atom. The number of nitrogens with zero attached hydrogens (tertiary/aromatic N) is 1. The van der Waals surface area contributed by atoms with E-state index in [2.05, 4.69) is 11.7 Å². The number of piperidine rings is 1. The van der Waals surface area contributed by atoms with Crippen LogP contribution in [0.5, 0.6) is 0 Å². The third-order valence-electron chi connectivity index (χ3n) is 1.82. The van der Waals surface area contributed by atoms with Gasteiger partial charge in [-0.15, -0.1) is 0 Å². The standard InChI is InChI=1S/C8H15N2O/c1-2-9-8(11)10-6-4-3-5-7-10/h3H,2,4-7H2,1H3,(H,9,11). The number of likely N-dealkylation sites (tertiary alicyclic amines) is 1. The number of nitrogens with one attached hydrogen (secondary N) is 1. The van der Waals surface area contributed by atoms with Crippen LogP contribution in [0, 0.1) is 6.42 Å². The second-order valence-corrected chi connectivity index (χ2v) is 2.69. The van der Waals surface area contributed by atoms with Crippen LogP contribution in [0.1, 0.15) is 19.8 Å². The van der Waals surface area contributed by atoms with E-state index in [1.807, 2.05) is 11.8 Å². The van der Waals surface area contributed by atoms with Crippen molar-refractivity contribution in [3.8, 4) is 0 Å². The van der Waals surface area contributed by atoms with Gasteiger partial charge in [0.05, 0.1) is 0 Å². The van der Waals surface area contributed by atoms with Crippen molar-refractivity contribution in [3.05, 3.63) is 6.42 Å². The molecule has 63 valence electrons. The number of rotatable bonds is 1. The van der Waals surface area contributed by atoms with Crippen LogP contribution in [0.15, 0.2) is 0 Å². The monoisotopic (exact) mass is 155 g/mol. The summed E-state index contributed by atoms with van der Waals surface area (Å²) >= 11 is 0. The molecule has 0 aromatic rings. The number of urea groups is 1. The van der Waals surface area contributed by atoms with Crippen molar-refractivity contribution in [2.75, 3.05) is 19.6 Å². The number of carbonyl (C=O) groups excluding carboxylic acids is 1. The van der Waals surface area contributed by atoms with Gasteiger partial charge in [-0.2, -0.15) is 0 Å². The summed E-state index contributed by atoms with van der Waals surface area (Å²) in [6.45, 7) is 4.42. The van der Waals surface area contributed by atoms with Crippen molar-refractivity contribution in [3.63, 3.8) is 0 Å². The van der Waals surface area contributed by atoms with Gasteiger partial charge in [-0.3, -0.25) is 0 Å². The zero-order chi connectivity index (χ0) is 8.10. The molecule has 0 aromatic carbocycles. The second kappa shape index (κ2) is 4.21. The molecular formula is C8H15N2O. The fourth-order valence-electron chi connectivity index (χ4n) is 1.22. The fraction of sp³-hybridized carbons (Fsp3) is 0.750. The summed E-state index contributed by atoms with van der Waals surface area (Å²) < 4.78 is 0. The molecule has 0 atom stereocenters. The normalized spacial score (nSPS) is 18.1. The third-order valence-corrected chi connectivity index (χ3v) is 1.82. The molecule has 0 bridgehead atoms. The first-order valence-corrected chi connectivity index (χ1v) is 4.19. The molecule has 1 saturated heterocycles. The molecule has 0 aliphatic carbocycles. The summed E-state index contributed by atoms with van der Waals surface area (Å²) in [5.41, 5.74) is 0. The minimum absolute atomic E-state index is 0.0839. The molecule has 11 heavy (non-hydrogen) atoms. The first-order chi connectivity index (χ1) is 5.34. The van der Waals surface area contributed by atoms with Crippen molar-refractivity contribution >= 4 is 6.03 Å². The highest BCUT2D eigenvalue weighted by atomic mass is 16.2. The zero-order valence-corrected chi connectivity index (χ0v) is 6.97. The van der Waals surface area contributed by atoms with Crippen molar-refractivity contribution in [2.24, 2.45) is 0 Å². The van der Waals surface area contributed by atoms with Gasteiger partial charge in [0.15, 0.2) is 0 Å². The molecule has 1 rings (SSSR count). The van der Waals surface area contributed by atoms with Crippen LogP contribution in [-0.2, 0) is 0 Å². The molecule has 1 heterocycles. The highest BCUT2D eigenvalue weighted by molar-refractivity contribution is 5.74. The van der Waals surface area contributed by atoms with E-state index in [0.29, 0.717) is 0 Å². The van der Waals surface area contributed by atoms with Gasteiger partial charge in [0.1, 0.15) is 0 Å². The number of hydrogen-bond acceptors (Lipinski definition) is 1. The molecule has 1 N–H and O–H groups in total.